The van der Waals surface area contributed by atoms with Gasteiger partial charge in [0.05, 0.1) is 11.0 Å². The first-order valence-corrected chi connectivity index (χ1v) is 6.81. The van der Waals surface area contributed by atoms with Crippen molar-refractivity contribution in [2.75, 3.05) is 6.54 Å². The Balaban J connectivity index is 2.97. The molecule has 8 heteroatoms. The van der Waals surface area contributed by atoms with Crippen molar-refractivity contribution in [3.63, 3.8) is 0 Å². The zero-order chi connectivity index (χ0) is 16.3. The maximum atomic E-state index is 12.3. The number of aliphatic hydroxyl groups is 1. The van der Waals surface area contributed by atoms with Crippen molar-refractivity contribution in [3.8, 4) is 0 Å². The number of aromatic nitrogens is 2. The van der Waals surface area contributed by atoms with Gasteiger partial charge in [-0.1, -0.05) is 0 Å². The molecular weight excluding hydrogens is 276 g/mol. The second-order valence-corrected chi connectivity index (χ2v) is 5.42. The fraction of sp³-hybridized carbons (Fsp3) is 0.692. The van der Waals surface area contributed by atoms with Crippen molar-refractivity contribution in [1.82, 2.24) is 14.7 Å². The van der Waals surface area contributed by atoms with Gasteiger partial charge in [0.2, 0.25) is 5.91 Å². The molecule has 0 bridgehead atoms. The zero-order valence-electron chi connectivity index (χ0n) is 13.0. The first-order valence-electron chi connectivity index (χ1n) is 6.81. The van der Waals surface area contributed by atoms with Gasteiger partial charge < -0.3 is 10.0 Å². The third-order valence-electron chi connectivity index (χ3n) is 3.22. The predicted molar refractivity (Wildman–Crippen MR) is 76.9 cm³/mol. The molecule has 0 radical (unpaired) electrons. The van der Waals surface area contributed by atoms with E-state index in [0.717, 1.165) is 0 Å². The molecule has 118 valence electrons. The first-order chi connectivity index (χ1) is 9.65. The van der Waals surface area contributed by atoms with Crippen LogP contribution in [0.1, 0.15) is 32.2 Å². The summed E-state index contributed by atoms with van der Waals surface area (Å²) in [6.45, 7) is 8.57. The fourth-order valence-corrected chi connectivity index (χ4v) is 2.21. The molecule has 1 rings (SSSR count). The monoisotopic (exact) mass is 298 g/mol. The van der Waals surface area contributed by atoms with Crippen LogP contribution in [0.2, 0.25) is 0 Å². The molecule has 0 saturated carbocycles. The smallest absolute Gasteiger partial charge is 0.312 e. The molecular formula is C13H22N4O4. The Morgan fingerprint density at radius 3 is 2.38 bits per heavy atom. The summed E-state index contributed by atoms with van der Waals surface area (Å²) in [6, 6.07) is -0.0703. The second kappa shape index (κ2) is 6.66. The molecule has 1 heterocycles. The van der Waals surface area contributed by atoms with Crippen LogP contribution in [0.25, 0.3) is 0 Å². The molecule has 0 aromatic carbocycles. The number of hydrogen-bond acceptors (Lipinski definition) is 5. The minimum atomic E-state index is -0.633. The van der Waals surface area contributed by atoms with Crippen LogP contribution in [0.4, 0.5) is 5.69 Å². The van der Waals surface area contributed by atoms with Gasteiger partial charge in [-0.15, -0.1) is 0 Å². The van der Waals surface area contributed by atoms with Gasteiger partial charge in [0.25, 0.3) is 0 Å². The van der Waals surface area contributed by atoms with E-state index in [9.17, 15) is 20.0 Å². The molecule has 0 aliphatic heterocycles. The van der Waals surface area contributed by atoms with E-state index in [4.69, 9.17) is 0 Å². The van der Waals surface area contributed by atoms with Crippen molar-refractivity contribution in [2.24, 2.45) is 0 Å². The van der Waals surface area contributed by atoms with Crippen LogP contribution in [-0.2, 0) is 11.3 Å². The summed E-state index contributed by atoms with van der Waals surface area (Å²) in [4.78, 5) is 24.3. The van der Waals surface area contributed by atoms with E-state index in [-0.39, 0.29) is 36.4 Å². The second-order valence-electron chi connectivity index (χ2n) is 5.42. The summed E-state index contributed by atoms with van der Waals surface area (Å²) in [5.74, 6) is -0.230. The van der Waals surface area contributed by atoms with Crippen molar-refractivity contribution in [1.29, 1.82) is 0 Å². The Morgan fingerprint density at radius 2 is 2.00 bits per heavy atom. The van der Waals surface area contributed by atoms with Gasteiger partial charge in [-0.05, 0) is 34.6 Å². The standard InChI is InChI=1S/C13H22N4O4/c1-8(2)15(6-9(3)18)12(19)7-16-11(5)13(17(20)21)10(4)14-16/h8-9,18H,6-7H2,1-5H3. The third-order valence-corrected chi connectivity index (χ3v) is 3.22. The summed E-state index contributed by atoms with van der Waals surface area (Å²) in [6.07, 6.45) is -0.633. The number of hydrogen-bond donors (Lipinski definition) is 1. The van der Waals surface area contributed by atoms with Crippen LogP contribution in [0.3, 0.4) is 0 Å². The van der Waals surface area contributed by atoms with Crippen LogP contribution in [0.15, 0.2) is 0 Å². The van der Waals surface area contributed by atoms with Gasteiger partial charge in [0.15, 0.2) is 0 Å². The summed E-state index contributed by atoms with van der Waals surface area (Å²) in [5.41, 5.74) is 0.581. The Morgan fingerprint density at radius 1 is 1.43 bits per heavy atom. The molecule has 21 heavy (non-hydrogen) atoms. The zero-order valence-corrected chi connectivity index (χ0v) is 13.0. The normalized spacial score (nSPS) is 12.5. The highest BCUT2D eigenvalue weighted by Crippen LogP contribution is 2.21. The number of nitrogens with zero attached hydrogens (tertiary/aromatic N) is 4. The maximum Gasteiger partial charge on any atom is 0.312 e. The fourth-order valence-electron chi connectivity index (χ4n) is 2.21. The van der Waals surface area contributed by atoms with Crippen molar-refractivity contribution < 1.29 is 14.8 Å². The summed E-state index contributed by atoms with van der Waals surface area (Å²) >= 11 is 0. The van der Waals surface area contributed by atoms with Crippen molar-refractivity contribution >= 4 is 11.6 Å². The van der Waals surface area contributed by atoms with E-state index in [2.05, 4.69) is 5.10 Å². The molecule has 1 aromatic heterocycles. The van der Waals surface area contributed by atoms with Gasteiger partial charge in [-0.3, -0.25) is 19.6 Å². The Labute approximate surface area is 123 Å². The summed E-state index contributed by atoms with van der Waals surface area (Å²) < 4.78 is 1.34. The lowest BCUT2D eigenvalue weighted by Crippen LogP contribution is -2.43. The topological polar surface area (TPSA) is 102 Å². The van der Waals surface area contributed by atoms with Crippen LogP contribution < -0.4 is 0 Å². The lowest BCUT2D eigenvalue weighted by molar-refractivity contribution is -0.386. The molecule has 0 fully saturated rings. The van der Waals surface area contributed by atoms with Gasteiger partial charge >= 0.3 is 5.69 Å². The first kappa shape index (κ1) is 17.1. The number of aryl methyl sites for hydroxylation is 1. The third kappa shape index (κ3) is 4.01. The van der Waals surface area contributed by atoms with Gasteiger partial charge in [-0.2, -0.15) is 5.10 Å². The number of aliphatic hydroxyl groups excluding tert-OH is 1. The SMILES string of the molecule is Cc1nn(CC(=O)N(CC(C)O)C(C)C)c(C)c1[N+](=O)[O-]. The number of amides is 1. The van der Waals surface area contributed by atoms with Crippen LogP contribution >= 0.6 is 0 Å². The van der Waals surface area contributed by atoms with Gasteiger partial charge in [0, 0.05) is 12.6 Å². The van der Waals surface area contributed by atoms with E-state index < -0.39 is 11.0 Å². The molecule has 0 aliphatic carbocycles. The maximum absolute atomic E-state index is 12.3. The Kier molecular flexibility index (Phi) is 5.42. The molecule has 0 spiro atoms. The van der Waals surface area contributed by atoms with Crippen LogP contribution in [0, 0.1) is 24.0 Å². The Hall–Kier alpha value is -1.96. The lowest BCUT2D eigenvalue weighted by atomic mass is 10.2. The quantitative estimate of drug-likeness (QED) is 0.624. The molecule has 0 aliphatic rings. The lowest BCUT2D eigenvalue weighted by Gasteiger charge is -2.28. The van der Waals surface area contributed by atoms with E-state index in [1.54, 1.807) is 20.8 Å². The molecule has 1 atom stereocenters. The van der Waals surface area contributed by atoms with E-state index in [0.29, 0.717) is 5.69 Å². The number of nitro groups is 1. The average Bonchev–Trinajstić information content (AvgIpc) is 2.60. The summed E-state index contributed by atoms with van der Waals surface area (Å²) in [5, 5.41) is 24.5. The molecule has 1 N–H and O–H groups in total. The van der Waals surface area contributed by atoms with Gasteiger partial charge in [0.1, 0.15) is 17.9 Å². The highest BCUT2D eigenvalue weighted by Gasteiger charge is 2.25. The van der Waals surface area contributed by atoms with E-state index in [1.807, 2.05) is 13.8 Å². The minimum Gasteiger partial charge on any atom is -0.392 e. The highest BCUT2D eigenvalue weighted by molar-refractivity contribution is 5.76. The molecule has 1 amide bonds. The largest absolute Gasteiger partial charge is 0.392 e. The number of carbonyl (C=O) groups is 1. The van der Waals surface area contributed by atoms with Crippen molar-refractivity contribution in [2.45, 2.75) is 53.3 Å². The number of carbonyl (C=O) groups excluding carboxylic acids is 1. The predicted octanol–water partition coefficient (Wildman–Crippen LogP) is 1.03. The molecule has 1 unspecified atom stereocenters. The van der Waals surface area contributed by atoms with E-state index >= 15 is 0 Å². The minimum absolute atomic E-state index is 0.0607. The Bertz CT molecular complexity index is 537. The van der Waals surface area contributed by atoms with E-state index in [1.165, 1.54) is 9.58 Å². The molecule has 0 saturated heterocycles. The molecule has 1 aromatic rings. The van der Waals surface area contributed by atoms with Gasteiger partial charge in [-0.25, -0.2) is 0 Å². The van der Waals surface area contributed by atoms with Crippen LogP contribution in [-0.4, -0.2) is 49.3 Å². The molecule has 8 nitrogen and oxygen atoms in total. The average molecular weight is 298 g/mol. The van der Waals surface area contributed by atoms with Crippen molar-refractivity contribution in [3.05, 3.63) is 21.5 Å². The highest BCUT2D eigenvalue weighted by atomic mass is 16.6. The number of rotatable bonds is 6. The summed E-state index contributed by atoms with van der Waals surface area (Å²) in [7, 11) is 0. The van der Waals surface area contributed by atoms with Crippen LogP contribution in [0.5, 0.6) is 0 Å².